The first-order chi connectivity index (χ1) is 9.24. The summed E-state index contributed by atoms with van der Waals surface area (Å²) in [7, 11) is 0. The highest BCUT2D eigenvalue weighted by Crippen LogP contribution is 2.31. The molecule has 0 unspecified atom stereocenters. The van der Waals surface area contributed by atoms with Gasteiger partial charge in [0, 0.05) is 0 Å². The van der Waals surface area contributed by atoms with Gasteiger partial charge in [0.25, 0.3) is 0 Å². The van der Waals surface area contributed by atoms with E-state index in [1.54, 1.807) is 0 Å². The van der Waals surface area contributed by atoms with Gasteiger partial charge < -0.3 is 0 Å². The Hall–Kier alpha value is -2.34. The average Bonchev–Trinajstić information content (AvgIpc) is 2.45. The van der Waals surface area contributed by atoms with Crippen molar-refractivity contribution in [2.75, 3.05) is 0 Å². The quantitative estimate of drug-likeness (QED) is 0.625. The van der Waals surface area contributed by atoms with Gasteiger partial charge in [0.1, 0.15) is 0 Å². The van der Waals surface area contributed by atoms with E-state index >= 15 is 0 Å². The van der Waals surface area contributed by atoms with E-state index in [1.165, 1.54) is 16.7 Å². The lowest BCUT2D eigenvalue weighted by molar-refractivity contribution is 1.50. The summed E-state index contributed by atoms with van der Waals surface area (Å²) in [6.07, 6.45) is 3.83. The van der Waals surface area contributed by atoms with Gasteiger partial charge in [-0.2, -0.15) is 0 Å². The van der Waals surface area contributed by atoms with Crippen LogP contribution in [0.2, 0.25) is 0 Å². The van der Waals surface area contributed by atoms with Gasteiger partial charge in [0.15, 0.2) is 0 Å². The van der Waals surface area contributed by atoms with Gasteiger partial charge in [-0.3, -0.25) is 0 Å². The molecule has 0 N–H and O–H groups in total. The molecule has 19 heavy (non-hydrogen) atoms. The predicted octanol–water partition coefficient (Wildman–Crippen LogP) is 5.50. The summed E-state index contributed by atoms with van der Waals surface area (Å²) in [5.41, 5.74) is 5.81. The molecule has 0 atom stereocenters. The molecule has 2 aromatic rings. The highest BCUT2D eigenvalue weighted by molar-refractivity contribution is 5.88. The number of hydrogen-bond donors (Lipinski definition) is 0. The van der Waals surface area contributed by atoms with Crippen LogP contribution in [0, 0.1) is 0 Å². The largest absolute Gasteiger partial charge is 0.0990 e. The van der Waals surface area contributed by atoms with E-state index in [-0.39, 0.29) is 0 Å². The van der Waals surface area contributed by atoms with Gasteiger partial charge in [-0.25, -0.2) is 0 Å². The van der Waals surface area contributed by atoms with Crippen LogP contribution in [0.5, 0.6) is 0 Å². The van der Waals surface area contributed by atoms with E-state index in [4.69, 9.17) is 0 Å². The molecular weight excluding hydrogens is 228 g/mol. The van der Waals surface area contributed by atoms with E-state index in [0.29, 0.717) is 0 Å². The third-order valence-electron chi connectivity index (χ3n) is 3.05. The van der Waals surface area contributed by atoms with Crippen molar-refractivity contribution >= 4 is 5.57 Å². The van der Waals surface area contributed by atoms with Crippen LogP contribution < -0.4 is 0 Å². The summed E-state index contributed by atoms with van der Waals surface area (Å²) >= 11 is 0. The van der Waals surface area contributed by atoms with Gasteiger partial charge in [0.2, 0.25) is 0 Å². The minimum atomic E-state index is 1.04. The molecule has 0 aliphatic rings. The summed E-state index contributed by atoms with van der Waals surface area (Å²) < 4.78 is 0. The van der Waals surface area contributed by atoms with Crippen LogP contribution in [-0.4, -0.2) is 0 Å². The van der Waals surface area contributed by atoms with Crippen LogP contribution in [0.1, 0.15) is 12.5 Å². The Morgan fingerprint density at radius 1 is 0.947 bits per heavy atom. The van der Waals surface area contributed by atoms with Crippen LogP contribution >= 0.6 is 0 Å². The summed E-state index contributed by atoms with van der Waals surface area (Å²) in [5.74, 6) is 0. The highest BCUT2D eigenvalue weighted by Gasteiger charge is 2.08. The fourth-order valence-corrected chi connectivity index (χ4v) is 2.17. The zero-order chi connectivity index (χ0) is 13.7. The lowest BCUT2D eigenvalue weighted by atomic mass is 9.91. The summed E-state index contributed by atoms with van der Waals surface area (Å²) in [4.78, 5) is 0. The molecule has 94 valence electrons. The molecule has 0 bridgehead atoms. The zero-order valence-corrected chi connectivity index (χ0v) is 11.3. The van der Waals surface area contributed by atoms with Crippen molar-refractivity contribution in [2.45, 2.75) is 6.92 Å². The lowest BCUT2D eigenvalue weighted by Crippen LogP contribution is -1.90. The van der Waals surface area contributed by atoms with Gasteiger partial charge in [-0.1, -0.05) is 85.5 Å². The third kappa shape index (κ3) is 2.92. The highest BCUT2D eigenvalue weighted by atomic mass is 14.1. The van der Waals surface area contributed by atoms with Crippen molar-refractivity contribution < 1.29 is 0 Å². The second-order valence-corrected chi connectivity index (χ2v) is 4.51. The molecule has 0 heterocycles. The molecule has 0 radical (unpaired) electrons. The van der Waals surface area contributed by atoms with Crippen molar-refractivity contribution in [3.8, 4) is 11.1 Å². The molecule has 0 aliphatic heterocycles. The fraction of sp³-hybridized carbons (Fsp3) is 0.0526. The van der Waals surface area contributed by atoms with E-state index < -0.39 is 0 Å². The molecule has 0 aromatic heterocycles. The Morgan fingerprint density at radius 3 is 2.21 bits per heavy atom. The number of hydrogen-bond acceptors (Lipinski definition) is 0. The molecular formula is C19H18. The zero-order valence-electron chi connectivity index (χ0n) is 11.3. The van der Waals surface area contributed by atoms with Crippen LogP contribution in [0.4, 0.5) is 0 Å². The second kappa shape index (κ2) is 6.01. The minimum Gasteiger partial charge on any atom is -0.0990 e. The molecule has 2 aromatic carbocycles. The van der Waals surface area contributed by atoms with Gasteiger partial charge >= 0.3 is 0 Å². The standard InChI is InChI=1S/C19H18/c1-4-10-17(15(2)3)19-14-9-8-13-18(19)16-11-6-5-7-12-16/h4-14H,1-2H2,3H3/b17-10+. The topological polar surface area (TPSA) is 0 Å². The molecule has 0 saturated heterocycles. The van der Waals surface area contributed by atoms with Crippen LogP contribution in [0.3, 0.4) is 0 Å². The summed E-state index contributed by atoms with van der Waals surface area (Å²) in [6.45, 7) is 9.89. The molecule has 0 aliphatic carbocycles. The van der Waals surface area contributed by atoms with Crippen molar-refractivity contribution in [3.63, 3.8) is 0 Å². The SMILES string of the molecule is C=C/C=C(\C(=C)C)c1ccccc1-c1ccccc1. The molecule has 0 heteroatoms. The van der Waals surface area contributed by atoms with Crippen LogP contribution in [-0.2, 0) is 0 Å². The Morgan fingerprint density at radius 2 is 1.58 bits per heavy atom. The number of rotatable bonds is 4. The van der Waals surface area contributed by atoms with E-state index in [9.17, 15) is 0 Å². The normalized spacial score (nSPS) is 11.1. The Kier molecular flexibility index (Phi) is 4.15. The van der Waals surface area contributed by atoms with E-state index in [2.05, 4.69) is 61.7 Å². The van der Waals surface area contributed by atoms with Gasteiger partial charge in [0.05, 0.1) is 0 Å². The minimum absolute atomic E-state index is 1.04. The molecule has 0 amide bonds. The molecule has 0 fully saturated rings. The molecule has 0 saturated carbocycles. The Balaban J connectivity index is 2.62. The second-order valence-electron chi connectivity index (χ2n) is 4.51. The number of allylic oxidation sites excluding steroid dienone is 4. The Labute approximate surface area is 115 Å². The molecule has 0 spiro atoms. The van der Waals surface area contributed by atoms with Crippen molar-refractivity contribution in [1.29, 1.82) is 0 Å². The van der Waals surface area contributed by atoms with Crippen LogP contribution in [0.25, 0.3) is 16.7 Å². The lowest BCUT2D eigenvalue weighted by Gasteiger charge is -2.13. The smallest absolute Gasteiger partial charge is 0.0103 e. The van der Waals surface area contributed by atoms with Crippen molar-refractivity contribution in [1.82, 2.24) is 0 Å². The first-order valence-corrected chi connectivity index (χ1v) is 6.37. The summed E-state index contributed by atoms with van der Waals surface area (Å²) in [6, 6.07) is 18.8. The molecule has 2 rings (SSSR count). The van der Waals surface area contributed by atoms with Crippen molar-refractivity contribution in [3.05, 3.63) is 91.0 Å². The Bertz CT molecular complexity index is 615. The molecule has 0 nitrogen and oxygen atoms in total. The maximum atomic E-state index is 4.07. The average molecular weight is 246 g/mol. The monoisotopic (exact) mass is 246 g/mol. The fourth-order valence-electron chi connectivity index (χ4n) is 2.17. The third-order valence-corrected chi connectivity index (χ3v) is 3.05. The van der Waals surface area contributed by atoms with Gasteiger partial charge in [-0.15, -0.1) is 0 Å². The van der Waals surface area contributed by atoms with E-state index in [1.807, 2.05) is 25.1 Å². The van der Waals surface area contributed by atoms with E-state index in [0.717, 1.165) is 11.1 Å². The number of benzene rings is 2. The first kappa shape index (κ1) is 13.1. The maximum absolute atomic E-state index is 4.07. The maximum Gasteiger partial charge on any atom is -0.0103 e. The summed E-state index contributed by atoms with van der Waals surface area (Å²) in [5, 5.41) is 0. The first-order valence-electron chi connectivity index (χ1n) is 6.37. The van der Waals surface area contributed by atoms with Crippen molar-refractivity contribution in [2.24, 2.45) is 0 Å². The predicted molar refractivity (Wildman–Crippen MR) is 84.9 cm³/mol. The van der Waals surface area contributed by atoms with Gasteiger partial charge in [-0.05, 0) is 29.2 Å². The van der Waals surface area contributed by atoms with Crippen LogP contribution in [0.15, 0.2) is 85.5 Å².